The highest BCUT2D eigenvalue weighted by Gasteiger charge is 2.42. The molecule has 0 aromatic heterocycles. The van der Waals surface area contributed by atoms with Crippen LogP contribution in [0.5, 0.6) is 0 Å². The van der Waals surface area contributed by atoms with Gasteiger partial charge in [-0.25, -0.2) is 0 Å². The third kappa shape index (κ3) is 3.09. The SMILES string of the molecule is CCCN=C1NC(=O)C(C)(c2ccc(C(C)(C)C)cc2)N1. The normalized spacial score (nSPS) is 24.0. The van der Waals surface area contributed by atoms with Gasteiger partial charge in [0.25, 0.3) is 5.91 Å². The zero-order valence-corrected chi connectivity index (χ0v) is 13.6. The molecular weight excluding hydrogens is 262 g/mol. The molecule has 2 N–H and O–H groups in total. The first-order valence-corrected chi connectivity index (χ1v) is 7.52. The maximum atomic E-state index is 12.3. The van der Waals surface area contributed by atoms with Gasteiger partial charge in [-0.15, -0.1) is 0 Å². The molecule has 1 unspecified atom stereocenters. The standard InChI is InChI=1S/C17H25N3O/c1-6-11-18-15-19-14(21)17(5,20-15)13-9-7-12(8-10-13)16(2,3)4/h7-10H,6,11H2,1-5H3,(H2,18,19,20,21). The predicted molar refractivity (Wildman–Crippen MR) is 86.4 cm³/mol. The van der Waals surface area contributed by atoms with Crippen molar-refractivity contribution in [2.75, 3.05) is 6.54 Å². The van der Waals surface area contributed by atoms with Crippen molar-refractivity contribution >= 4 is 11.9 Å². The average molecular weight is 287 g/mol. The van der Waals surface area contributed by atoms with E-state index in [1.54, 1.807) is 0 Å². The lowest BCUT2D eigenvalue weighted by molar-refractivity contribution is -0.123. The molecule has 1 heterocycles. The fourth-order valence-corrected chi connectivity index (χ4v) is 2.37. The van der Waals surface area contributed by atoms with Crippen LogP contribution in [0.1, 0.15) is 52.2 Å². The van der Waals surface area contributed by atoms with Crippen LogP contribution in [0.4, 0.5) is 0 Å². The summed E-state index contributed by atoms with van der Waals surface area (Å²) >= 11 is 0. The molecule has 4 heteroatoms. The Balaban J connectivity index is 2.26. The van der Waals surface area contributed by atoms with Gasteiger partial charge < -0.3 is 5.32 Å². The van der Waals surface area contributed by atoms with Crippen LogP contribution in [0.25, 0.3) is 0 Å². The smallest absolute Gasteiger partial charge is 0.256 e. The quantitative estimate of drug-likeness (QED) is 0.898. The van der Waals surface area contributed by atoms with E-state index in [9.17, 15) is 4.79 Å². The van der Waals surface area contributed by atoms with Gasteiger partial charge in [0.05, 0.1) is 0 Å². The molecule has 1 atom stereocenters. The van der Waals surface area contributed by atoms with Crippen LogP contribution < -0.4 is 10.6 Å². The van der Waals surface area contributed by atoms with E-state index < -0.39 is 5.54 Å². The molecule has 1 aliphatic heterocycles. The van der Waals surface area contributed by atoms with E-state index in [-0.39, 0.29) is 11.3 Å². The Morgan fingerprint density at radius 2 is 1.81 bits per heavy atom. The molecule has 21 heavy (non-hydrogen) atoms. The average Bonchev–Trinajstić information content (AvgIpc) is 2.72. The highest BCUT2D eigenvalue weighted by atomic mass is 16.2. The van der Waals surface area contributed by atoms with E-state index in [0.717, 1.165) is 12.0 Å². The second kappa shape index (κ2) is 5.51. The van der Waals surface area contributed by atoms with E-state index in [4.69, 9.17) is 0 Å². The van der Waals surface area contributed by atoms with Gasteiger partial charge in [0.2, 0.25) is 0 Å². The number of guanidine groups is 1. The second-order valence-electron chi connectivity index (χ2n) is 6.76. The minimum Gasteiger partial charge on any atom is -0.338 e. The van der Waals surface area contributed by atoms with Crippen molar-refractivity contribution in [3.8, 4) is 0 Å². The molecule has 1 saturated heterocycles. The minimum atomic E-state index is -0.747. The molecule has 0 bridgehead atoms. The highest BCUT2D eigenvalue weighted by Crippen LogP contribution is 2.28. The van der Waals surface area contributed by atoms with Crippen LogP contribution >= 0.6 is 0 Å². The maximum Gasteiger partial charge on any atom is 0.256 e. The Morgan fingerprint density at radius 1 is 1.19 bits per heavy atom. The number of nitrogens with one attached hydrogen (secondary N) is 2. The predicted octanol–water partition coefficient (Wildman–Crippen LogP) is 2.68. The lowest BCUT2D eigenvalue weighted by Gasteiger charge is -2.24. The molecule has 0 aliphatic carbocycles. The number of carbonyl (C=O) groups is 1. The summed E-state index contributed by atoms with van der Waals surface area (Å²) < 4.78 is 0. The van der Waals surface area contributed by atoms with Gasteiger partial charge in [0.15, 0.2) is 5.96 Å². The van der Waals surface area contributed by atoms with Gasteiger partial charge in [0.1, 0.15) is 5.54 Å². The summed E-state index contributed by atoms with van der Waals surface area (Å²) in [7, 11) is 0. The van der Waals surface area contributed by atoms with E-state index >= 15 is 0 Å². The molecule has 1 amide bonds. The van der Waals surface area contributed by atoms with Crippen molar-refractivity contribution in [1.82, 2.24) is 10.6 Å². The van der Waals surface area contributed by atoms with Gasteiger partial charge in [-0.1, -0.05) is 52.0 Å². The molecule has 2 rings (SSSR count). The Morgan fingerprint density at radius 3 is 2.33 bits per heavy atom. The molecular formula is C17H25N3O. The summed E-state index contributed by atoms with van der Waals surface area (Å²) in [5.41, 5.74) is 1.57. The molecule has 1 aromatic rings. The molecule has 1 aromatic carbocycles. The van der Waals surface area contributed by atoms with E-state index in [2.05, 4.69) is 55.5 Å². The number of aliphatic imine (C=N–C) groups is 1. The summed E-state index contributed by atoms with van der Waals surface area (Å²) in [4.78, 5) is 16.6. The molecule has 0 saturated carbocycles. The van der Waals surface area contributed by atoms with Gasteiger partial charge in [-0.3, -0.25) is 15.1 Å². The zero-order chi connectivity index (χ0) is 15.7. The van der Waals surface area contributed by atoms with Crippen molar-refractivity contribution in [2.24, 2.45) is 4.99 Å². The first-order valence-electron chi connectivity index (χ1n) is 7.52. The molecule has 114 valence electrons. The Kier molecular flexibility index (Phi) is 4.08. The van der Waals surface area contributed by atoms with Gasteiger partial charge in [-0.2, -0.15) is 0 Å². The van der Waals surface area contributed by atoms with Crippen LogP contribution in [0.3, 0.4) is 0 Å². The van der Waals surface area contributed by atoms with Crippen LogP contribution in [-0.4, -0.2) is 18.4 Å². The lowest BCUT2D eigenvalue weighted by Crippen LogP contribution is -2.40. The Labute approximate surface area is 127 Å². The second-order valence-corrected chi connectivity index (χ2v) is 6.76. The number of rotatable bonds is 3. The Bertz CT molecular complexity index is 554. The summed E-state index contributed by atoms with van der Waals surface area (Å²) in [5.74, 6) is 0.519. The van der Waals surface area contributed by atoms with Crippen LogP contribution in [-0.2, 0) is 15.7 Å². The number of amides is 1. The third-order valence-corrected chi connectivity index (χ3v) is 3.88. The van der Waals surface area contributed by atoms with Gasteiger partial charge >= 0.3 is 0 Å². The van der Waals surface area contributed by atoms with Gasteiger partial charge in [-0.05, 0) is 29.9 Å². The minimum absolute atomic E-state index is 0.0548. The van der Waals surface area contributed by atoms with Crippen molar-refractivity contribution in [2.45, 2.75) is 52.0 Å². The molecule has 0 spiro atoms. The van der Waals surface area contributed by atoms with Gasteiger partial charge in [0, 0.05) is 6.54 Å². The fourth-order valence-electron chi connectivity index (χ4n) is 2.37. The molecule has 1 fully saturated rings. The number of carbonyl (C=O) groups excluding carboxylic acids is 1. The lowest BCUT2D eigenvalue weighted by atomic mass is 9.84. The zero-order valence-electron chi connectivity index (χ0n) is 13.6. The summed E-state index contributed by atoms with van der Waals surface area (Å²) in [6.07, 6.45) is 0.956. The summed E-state index contributed by atoms with van der Waals surface area (Å²) in [5, 5.41) is 6.04. The third-order valence-electron chi connectivity index (χ3n) is 3.88. The summed E-state index contributed by atoms with van der Waals surface area (Å²) in [6.45, 7) is 11.2. The molecule has 4 nitrogen and oxygen atoms in total. The van der Waals surface area contributed by atoms with E-state index in [0.29, 0.717) is 12.5 Å². The largest absolute Gasteiger partial charge is 0.338 e. The fraction of sp³-hybridized carbons (Fsp3) is 0.529. The number of nitrogens with zero attached hydrogens (tertiary/aromatic N) is 1. The van der Waals surface area contributed by atoms with Crippen LogP contribution in [0.15, 0.2) is 29.3 Å². The van der Waals surface area contributed by atoms with Crippen molar-refractivity contribution < 1.29 is 4.79 Å². The topological polar surface area (TPSA) is 53.5 Å². The first-order chi connectivity index (χ1) is 9.77. The molecule has 1 aliphatic rings. The van der Waals surface area contributed by atoms with E-state index in [1.165, 1.54) is 5.56 Å². The number of benzene rings is 1. The molecule has 0 radical (unpaired) electrons. The number of hydrogen-bond acceptors (Lipinski definition) is 2. The highest BCUT2D eigenvalue weighted by molar-refractivity contribution is 6.09. The monoisotopic (exact) mass is 287 g/mol. The Hall–Kier alpha value is -1.84. The number of hydrogen-bond donors (Lipinski definition) is 2. The van der Waals surface area contributed by atoms with Crippen molar-refractivity contribution in [3.63, 3.8) is 0 Å². The summed E-state index contributed by atoms with van der Waals surface area (Å²) in [6, 6.07) is 8.24. The van der Waals surface area contributed by atoms with Crippen LogP contribution in [0, 0.1) is 0 Å². The van der Waals surface area contributed by atoms with Crippen molar-refractivity contribution in [1.29, 1.82) is 0 Å². The first kappa shape index (κ1) is 15.5. The van der Waals surface area contributed by atoms with Crippen LogP contribution in [0.2, 0.25) is 0 Å². The van der Waals surface area contributed by atoms with E-state index in [1.807, 2.05) is 19.1 Å². The van der Waals surface area contributed by atoms with Crippen molar-refractivity contribution in [3.05, 3.63) is 35.4 Å². The maximum absolute atomic E-state index is 12.3.